The van der Waals surface area contributed by atoms with Crippen LogP contribution in [-0.4, -0.2) is 11.9 Å². The molecule has 0 aromatic heterocycles. The van der Waals surface area contributed by atoms with Gasteiger partial charge in [-0.15, -0.1) is 0 Å². The molecule has 1 N–H and O–H groups in total. The molecule has 0 bridgehead atoms. The van der Waals surface area contributed by atoms with Gasteiger partial charge in [0.1, 0.15) is 0 Å². The van der Waals surface area contributed by atoms with Gasteiger partial charge in [-0.05, 0) is 12.5 Å². The molecule has 0 aliphatic carbocycles. The fourth-order valence-corrected chi connectivity index (χ4v) is 0.778. The van der Waals surface area contributed by atoms with Crippen molar-refractivity contribution in [2.45, 2.75) is 13.0 Å². The summed E-state index contributed by atoms with van der Waals surface area (Å²) in [6.45, 7) is 9.13. The van der Waals surface area contributed by atoms with E-state index >= 15 is 0 Å². The molecule has 0 aromatic carbocycles. The van der Waals surface area contributed by atoms with Gasteiger partial charge in [-0.3, -0.25) is 4.79 Å². The maximum atomic E-state index is 10.7. The fourth-order valence-electron chi connectivity index (χ4n) is 0.778. The Morgan fingerprint density at radius 3 is 2.22 bits per heavy atom. The first-order valence-corrected chi connectivity index (χ1v) is 2.82. The second-order valence-corrected chi connectivity index (χ2v) is 2.20. The maximum Gasteiger partial charge on any atom is 0.251 e. The molecule has 2 heteroatoms. The van der Waals surface area contributed by atoms with Gasteiger partial charge in [0.05, 0.1) is 6.04 Å². The first-order chi connectivity index (χ1) is 4.13. The largest absolute Gasteiger partial charge is 0.346 e. The molecule has 1 amide bonds. The van der Waals surface area contributed by atoms with E-state index in [2.05, 4.69) is 18.5 Å². The van der Waals surface area contributed by atoms with E-state index in [4.69, 9.17) is 0 Å². The van der Waals surface area contributed by atoms with Crippen LogP contribution in [-0.2, 0) is 4.79 Å². The number of hydrogen-bond acceptors (Lipinski definition) is 1. The van der Waals surface area contributed by atoms with E-state index in [-0.39, 0.29) is 11.9 Å². The highest BCUT2D eigenvalue weighted by Gasteiger charge is 2.24. The summed E-state index contributed by atoms with van der Waals surface area (Å²) in [6.07, 6.45) is 0. The van der Waals surface area contributed by atoms with Gasteiger partial charge in [0.15, 0.2) is 0 Å². The number of amides is 1. The molecule has 0 radical (unpaired) electrons. The average molecular weight is 123 g/mol. The summed E-state index contributed by atoms with van der Waals surface area (Å²) in [5.74, 6) is -0.0903. The number of hydrogen-bond donors (Lipinski definition) is 1. The van der Waals surface area contributed by atoms with Gasteiger partial charge in [0, 0.05) is 5.57 Å². The van der Waals surface area contributed by atoms with Crippen molar-refractivity contribution >= 4 is 5.91 Å². The Hall–Kier alpha value is -1.05. The minimum absolute atomic E-state index is 0.0741. The van der Waals surface area contributed by atoms with Crippen molar-refractivity contribution in [1.82, 2.24) is 5.32 Å². The Kier molecular flexibility index (Phi) is 1.16. The molecule has 0 spiro atoms. The van der Waals surface area contributed by atoms with Crippen LogP contribution < -0.4 is 5.32 Å². The van der Waals surface area contributed by atoms with E-state index in [0.717, 1.165) is 5.57 Å². The lowest BCUT2D eigenvalue weighted by molar-refractivity contribution is -0.116. The van der Waals surface area contributed by atoms with E-state index in [1.807, 2.05) is 6.92 Å². The summed E-state index contributed by atoms with van der Waals surface area (Å²) in [5.41, 5.74) is 1.32. The zero-order chi connectivity index (χ0) is 7.02. The van der Waals surface area contributed by atoms with E-state index in [1.54, 1.807) is 0 Å². The molecule has 1 saturated heterocycles. The van der Waals surface area contributed by atoms with Gasteiger partial charge in [-0.2, -0.15) is 0 Å². The summed E-state index contributed by atoms with van der Waals surface area (Å²) in [5, 5.41) is 2.68. The predicted molar refractivity (Wildman–Crippen MR) is 35.9 cm³/mol. The molecule has 1 aliphatic rings. The second kappa shape index (κ2) is 1.72. The predicted octanol–water partition coefficient (Wildman–Crippen LogP) is 0.617. The Labute approximate surface area is 54.3 Å². The third-order valence-corrected chi connectivity index (χ3v) is 1.53. The van der Waals surface area contributed by atoms with Crippen LogP contribution in [0.1, 0.15) is 6.92 Å². The van der Waals surface area contributed by atoms with Crippen LogP contribution in [0, 0.1) is 0 Å². The monoisotopic (exact) mass is 123 g/mol. The van der Waals surface area contributed by atoms with Crippen molar-refractivity contribution in [2.24, 2.45) is 0 Å². The molecule has 9 heavy (non-hydrogen) atoms. The van der Waals surface area contributed by atoms with Gasteiger partial charge in [0.25, 0.3) is 5.91 Å². The molecule has 0 aromatic rings. The topological polar surface area (TPSA) is 29.1 Å². The standard InChI is InChI=1S/C7H9NO/c1-4-5(2)7(9)8-6(4)3/h6H,1-2H2,3H3,(H,8,9). The van der Waals surface area contributed by atoms with E-state index in [1.165, 1.54) is 0 Å². The van der Waals surface area contributed by atoms with Crippen LogP contribution in [0.4, 0.5) is 0 Å². The van der Waals surface area contributed by atoms with Crippen LogP contribution >= 0.6 is 0 Å². The van der Waals surface area contributed by atoms with Gasteiger partial charge in [0.2, 0.25) is 0 Å². The van der Waals surface area contributed by atoms with Gasteiger partial charge in [-0.25, -0.2) is 0 Å². The molecule has 0 saturated carbocycles. The molecule has 1 unspecified atom stereocenters. The summed E-state index contributed by atoms with van der Waals surface area (Å²) in [7, 11) is 0. The van der Waals surface area contributed by atoms with Crippen LogP contribution in [0.15, 0.2) is 24.3 Å². The Morgan fingerprint density at radius 2 is 2.11 bits per heavy atom. The number of carbonyl (C=O) groups is 1. The van der Waals surface area contributed by atoms with Crippen LogP contribution in [0.5, 0.6) is 0 Å². The molecular formula is C7H9NO. The molecule has 1 aliphatic heterocycles. The quantitative estimate of drug-likeness (QED) is 0.470. The average Bonchev–Trinajstić information content (AvgIpc) is 1.98. The Bertz CT molecular complexity index is 193. The Morgan fingerprint density at radius 1 is 1.56 bits per heavy atom. The van der Waals surface area contributed by atoms with Crippen LogP contribution in [0.2, 0.25) is 0 Å². The van der Waals surface area contributed by atoms with Gasteiger partial charge >= 0.3 is 0 Å². The normalized spacial score (nSPS) is 26.8. The van der Waals surface area contributed by atoms with Crippen molar-refractivity contribution in [3.63, 3.8) is 0 Å². The molecule has 2 nitrogen and oxygen atoms in total. The highest BCUT2D eigenvalue weighted by molar-refractivity contribution is 6.01. The highest BCUT2D eigenvalue weighted by Crippen LogP contribution is 2.16. The minimum atomic E-state index is -0.0903. The highest BCUT2D eigenvalue weighted by atomic mass is 16.2. The van der Waals surface area contributed by atoms with Crippen molar-refractivity contribution < 1.29 is 4.79 Å². The fraction of sp³-hybridized carbons (Fsp3) is 0.286. The SMILES string of the molecule is C=C1C(=C)C(C)NC1=O. The molecule has 1 atom stereocenters. The molecule has 1 heterocycles. The summed E-state index contributed by atoms with van der Waals surface area (Å²) < 4.78 is 0. The van der Waals surface area contributed by atoms with Crippen LogP contribution in [0.3, 0.4) is 0 Å². The smallest absolute Gasteiger partial charge is 0.251 e. The van der Waals surface area contributed by atoms with Crippen molar-refractivity contribution in [1.29, 1.82) is 0 Å². The number of rotatable bonds is 0. The molecule has 48 valence electrons. The summed E-state index contributed by atoms with van der Waals surface area (Å²) >= 11 is 0. The zero-order valence-corrected chi connectivity index (χ0v) is 5.40. The molecular weight excluding hydrogens is 114 g/mol. The van der Waals surface area contributed by atoms with Crippen molar-refractivity contribution in [3.05, 3.63) is 24.3 Å². The van der Waals surface area contributed by atoms with Crippen molar-refractivity contribution in [2.75, 3.05) is 0 Å². The lowest BCUT2D eigenvalue weighted by atomic mass is 10.1. The molecule has 1 fully saturated rings. The van der Waals surface area contributed by atoms with E-state index in [9.17, 15) is 4.79 Å². The lowest BCUT2D eigenvalue weighted by Gasteiger charge is -1.98. The second-order valence-electron chi connectivity index (χ2n) is 2.20. The third-order valence-electron chi connectivity index (χ3n) is 1.53. The number of nitrogens with one attached hydrogen (secondary N) is 1. The summed E-state index contributed by atoms with van der Waals surface area (Å²) in [6, 6.07) is 0.0741. The summed E-state index contributed by atoms with van der Waals surface area (Å²) in [4.78, 5) is 10.7. The third kappa shape index (κ3) is 0.762. The maximum absolute atomic E-state index is 10.7. The number of carbonyl (C=O) groups excluding carboxylic acids is 1. The Balaban J connectivity index is 2.90. The minimum Gasteiger partial charge on any atom is -0.346 e. The van der Waals surface area contributed by atoms with Crippen molar-refractivity contribution in [3.8, 4) is 0 Å². The van der Waals surface area contributed by atoms with E-state index < -0.39 is 0 Å². The first kappa shape index (κ1) is 6.08. The van der Waals surface area contributed by atoms with Gasteiger partial charge in [-0.1, -0.05) is 13.2 Å². The van der Waals surface area contributed by atoms with E-state index in [0.29, 0.717) is 5.57 Å². The molecule has 1 rings (SSSR count). The zero-order valence-electron chi connectivity index (χ0n) is 5.40. The lowest BCUT2D eigenvalue weighted by Crippen LogP contribution is -2.22. The van der Waals surface area contributed by atoms with Gasteiger partial charge < -0.3 is 5.32 Å². The van der Waals surface area contributed by atoms with Crippen LogP contribution in [0.25, 0.3) is 0 Å². The first-order valence-electron chi connectivity index (χ1n) is 2.82.